The molecule has 0 spiro atoms. The summed E-state index contributed by atoms with van der Waals surface area (Å²) in [5.74, 6) is 0.167. The van der Waals surface area contributed by atoms with Crippen LogP contribution >= 0.6 is 0 Å². The third-order valence-electron chi connectivity index (χ3n) is 0. The summed E-state index contributed by atoms with van der Waals surface area (Å²) in [6.07, 6.45) is 0. The van der Waals surface area contributed by atoms with Gasteiger partial charge in [-0.15, -0.1) is 0 Å². The quantitative estimate of drug-likeness (QED) is 0.418. The first-order valence-corrected chi connectivity index (χ1v) is 1.20. The van der Waals surface area contributed by atoms with Crippen LogP contribution in [0.2, 0.25) is 0 Å². The van der Waals surface area contributed by atoms with Crippen molar-refractivity contribution in [3.8, 4) is 0 Å². The molecule has 0 N–H and O–H groups in total. The van der Waals surface area contributed by atoms with E-state index in [2.05, 4.69) is 0 Å². The molecule has 0 aliphatic carbocycles. The van der Waals surface area contributed by atoms with E-state index in [1.165, 1.54) is 13.8 Å². The molecule has 3 heteroatoms. The van der Waals surface area contributed by atoms with E-state index < -0.39 is 0 Å². The molecule has 0 bridgehead atoms. The minimum absolute atomic E-state index is 0. The molecule has 0 saturated heterocycles. The second-order valence-electron chi connectivity index (χ2n) is 0.908. The number of hydrogen-bond donors (Lipinski definition) is 0. The van der Waals surface area contributed by atoms with E-state index in [0.29, 0.717) is 0 Å². The van der Waals surface area contributed by atoms with E-state index in [1.54, 1.807) is 0 Å². The van der Waals surface area contributed by atoms with E-state index in [1.807, 2.05) is 0 Å². The fourth-order valence-electron chi connectivity index (χ4n) is 0. The summed E-state index contributed by atoms with van der Waals surface area (Å²) in [7, 11) is 0. The summed E-state index contributed by atoms with van der Waals surface area (Å²) < 4.78 is 0. The maximum Gasteiger partial charge on any atom is 0.187 e. The number of Topliss-reactive ketones (excluding diaryl/α,β-unsaturated/α-hetero) is 1. The topological polar surface area (TPSA) is 17.1 Å². The van der Waals surface area contributed by atoms with Crippen LogP contribution in [0.5, 0.6) is 0 Å². The molecule has 0 fully saturated rings. The second-order valence-corrected chi connectivity index (χ2v) is 0.908. The SMILES string of the molecule is CC(C)=O.[AlH3].[Ni]. The molecule has 0 aromatic carbocycles. The van der Waals surface area contributed by atoms with Crippen LogP contribution in [-0.2, 0) is 21.3 Å². The zero-order valence-electron chi connectivity index (χ0n) is 3.22. The van der Waals surface area contributed by atoms with E-state index in [-0.39, 0.29) is 39.6 Å². The number of rotatable bonds is 0. The van der Waals surface area contributed by atoms with Crippen LogP contribution in [0.25, 0.3) is 0 Å². The molecule has 40 valence electrons. The van der Waals surface area contributed by atoms with Crippen molar-refractivity contribution in [2.24, 2.45) is 0 Å². The van der Waals surface area contributed by atoms with Crippen molar-refractivity contribution in [2.45, 2.75) is 13.8 Å². The average Bonchev–Trinajstić information content (AvgIpc) is 0.811. The van der Waals surface area contributed by atoms with Gasteiger partial charge in [-0.25, -0.2) is 0 Å². The Morgan fingerprint density at radius 1 is 1.33 bits per heavy atom. The van der Waals surface area contributed by atoms with Gasteiger partial charge in [0, 0.05) is 16.5 Å². The van der Waals surface area contributed by atoms with Crippen LogP contribution in [0, 0.1) is 0 Å². The molecule has 0 saturated carbocycles. The molecule has 0 aromatic rings. The Bertz CT molecular complexity index is 33.8. The molecule has 0 aliphatic heterocycles. The summed E-state index contributed by atoms with van der Waals surface area (Å²) in [5, 5.41) is 0. The fourth-order valence-corrected chi connectivity index (χ4v) is 0. The average molecular weight is 147 g/mol. The van der Waals surface area contributed by atoms with Gasteiger partial charge in [0.25, 0.3) is 0 Å². The van der Waals surface area contributed by atoms with Crippen molar-refractivity contribution in [1.82, 2.24) is 0 Å². The largest absolute Gasteiger partial charge is 0.300 e. The Hall–Kier alpha value is 0.696. The first-order valence-electron chi connectivity index (χ1n) is 1.20. The molecular formula is C3H9AlNiO. The molecule has 0 heterocycles. The van der Waals surface area contributed by atoms with Gasteiger partial charge in [-0.2, -0.15) is 0 Å². The summed E-state index contributed by atoms with van der Waals surface area (Å²) in [6, 6.07) is 0. The number of carbonyl (C=O) groups is 1. The van der Waals surface area contributed by atoms with E-state index in [4.69, 9.17) is 0 Å². The maximum atomic E-state index is 9.44. The van der Waals surface area contributed by atoms with E-state index in [0.717, 1.165) is 0 Å². The van der Waals surface area contributed by atoms with E-state index in [9.17, 15) is 4.79 Å². The predicted octanol–water partition coefficient (Wildman–Crippen LogP) is -0.591. The maximum absolute atomic E-state index is 9.44. The standard InChI is InChI=1S/C3H6O.Al.Ni.3H/c1-3(2)4;;;;;/h1-2H3;;;;;. The first kappa shape index (κ1) is 15.9. The van der Waals surface area contributed by atoms with Gasteiger partial charge < -0.3 is 4.79 Å². The van der Waals surface area contributed by atoms with Crippen molar-refractivity contribution < 1.29 is 21.3 Å². The smallest absolute Gasteiger partial charge is 0.187 e. The van der Waals surface area contributed by atoms with E-state index >= 15 is 0 Å². The van der Waals surface area contributed by atoms with Crippen molar-refractivity contribution in [2.75, 3.05) is 0 Å². The normalized spacial score (nSPS) is 4.33. The summed E-state index contributed by atoms with van der Waals surface area (Å²) >= 11 is 0. The minimum atomic E-state index is 0. The van der Waals surface area contributed by atoms with Crippen molar-refractivity contribution in [3.05, 3.63) is 0 Å². The van der Waals surface area contributed by atoms with Crippen molar-refractivity contribution in [1.29, 1.82) is 0 Å². The Kier molecular flexibility index (Phi) is 24.4. The van der Waals surface area contributed by atoms with Gasteiger partial charge in [-0.3, -0.25) is 0 Å². The molecule has 0 aromatic heterocycles. The Morgan fingerprint density at radius 2 is 1.33 bits per heavy atom. The van der Waals surface area contributed by atoms with Gasteiger partial charge >= 0.3 is 0 Å². The number of ketones is 1. The molecule has 1 nitrogen and oxygen atoms in total. The van der Waals surface area contributed by atoms with Crippen LogP contribution in [0.15, 0.2) is 0 Å². The third kappa shape index (κ3) is 132. The van der Waals surface area contributed by atoms with Gasteiger partial charge in [0.05, 0.1) is 0 Å². The van der Waals surface area contributed by atoms with Gasteiger partial charge in [-0.1, -0.05) is 0 Å². The monoisotopic (exact) mass is 146 g/mol. The fraction of sp³-hybridized carbons (Fsp3) is 0.667. The zero-order valence-corrected chi connectivity index (χ0v) is 4.21. The Morgan fingerprint density at radius 3 is 1.33 bits per heavy atom. The van der Waals surface area contributed by atoms with Crippen LogP contribution < -0.4 is 0 Å². The molecule has 0 unspecified atom stereocenters. The Balaban J connectivity index is -0.0000000450. The van der Waals surface area contributed by atoms with Gasteiger partial charge in [-0.05, 0) is 13.8 Å². The van der Waals surface area contributed by atoms with Crippen molar-refractivity contribution >= 4 is 23.1 Å². The molecule has 0 atom stereocenters. The predicted molar refractivity (Wildman–Crippen MR) is 26.3 cm³/mol. The summed E-state index contributed by atoms with van der Waals surface area (Å²) in [5.41, 5.74) is 0. The third-order valence-corrected chi connectivity index (χ3v) is 0. The van der Waals surface area contributed by atoms with Crippen LogP contribution in [0.3, 0.4) is 0 Å². The first-order chi connectivity index (χ1) is 1.73. The zero-order chi connectivity index (χ0) is 3.58. The van der Waals surface area contributed by atoms with Gasteiger partial charge in [0.2, 0.25) is 0 Å². The van der Waals surface area contributed by atoms with Crippen LogP contribution in [-0.4, -0.2) is 23.1 Å². The Labute approximate surface area is 58.6 Å². The van der Waals surface area contributed by atoms with Gasteiger partial charge in [0.15, 0.2) is 17.4 Å². The number of carbonyl (C=O) groups excluding carboxylic acids is 1. The summed E-state index contributed by atoms with van der Waals surface area (Å²) in [4.78, 5) is 9.44. The van der Waals surface area contributed by atoms with Gasteiger partial charge in [0.1, 0.15) is 5.78 Å². The van der Waals surface area contributed by atoms with Crippen LogP contribution in [0.1, 0.15) is 13.8 Å². The molecular weight excluding hydrogens is 138 g/mol. The number of hydrogen-bond acceptors (Lipinski definition) is 1. The molecule has 0 radical (unpaired) electrons. The second kappa shape index (κ2) is 9.20. The minimum Gasteiger partial charge on any atom is -0.300 e. The van der Waals surface area contributed by atoms with Crippen LogP contribution in [0.4, 0.5) is 0 Å². The molecule has 6 heavy (non-hydrogen) atoms. The molecule has 0 aliphatic rings. The molecule has 0 rings (SSSR count). The molecule has 0 amide bonds. The van der Waals surface area contributed by atoms with Crippen molar-refractivity contribution in [3.63, 3.8) is 0 Å². The summed E-state index contributed by atoms with van der Waals surface area (Å²) in [6.45, 7) is 3.06.